The van der Waals surface area contributed by atoms with Crippen LogP contribution in [0.4, 0.5) is 0 Å². The molecule has 1 saturated heterocycles. The van der Waals surface area contributed by atoms with Crippen LogP contribution in [0.3, 0.4) is 0 Å². The first-order chi connectivity index (χ1) is 7.29. The van der Waals surface area contributed by atoms with Gasteiger partial charge in [0.05, 0.1) is 6.04 Å². The Morgan fingerprint density at radius 3 is 3.00 bits per heavy atom. The third-order valence-electron chi connectivity index (χ3n) is 3.18. The molecule has 0 spiro atoms. The molecule has 2 unspecified atom stereocenters. The zero-order valence-corrected chi connectivity index (χ0v) is 9.55. The zero-order chi connectivity index (χ0) is 10.7. The molecule has 3 heteroatoms. The first-order valence-corrected chi connectivity index (χ1v) is 5.74. The highest BCUT2D eigenvalue weighted by Crippen LogP contribution is 2.25. The predicted octanol–water partition coefficient (Wildman–Crippen LogP) is 1.85. The van der Waals surface area contributed by atoms with E-state index in [0.717, 1.165) is 36.9 Å². The standard InChI is InChI=1S/C12H20N2O/c1-9-3-4-12(15-9)11(13-2)7-10-5-6-14-8-10/h3-4,10-11,13-14H,5-8H2,1-2H3. The van der Waals surface area contributed by atoms with Gasteiger partial charge >= 0.3 is 0 Å². The van der Waals surface area contributed by atoms with Crippen molar-refractivity contribution in [3.05, 3.63) is 23.7 Å². The number of hydrogen-bond donors (Lipinski definition) is 2. The molecule has 0 aromatic carbocycles. The van der Waals surface area contributed by atoms with Crippen LogP contribution < -0.4 is 10.6 Å². The molecule has 2 heterocycles. The summed E-state index contributed by atoms with van der Waals surface area (Å²) in [7, 11) is 2.00. The Balaban J connectivity index is 1.97. The molecule has 0 radical (unpaired) electrons. The van der Waals surface area contributed by atoms with Gasteiger partial charge in [-0.1, -0.05) is 0 Å². The Labute approximate surface area is 91.2 Å². The van der Waals surface area contributed by atoms with E-state index in [1.807, 2.05) is 20.0 Å². The van der Waals surface area contributed by atoms with Gasteiger partial charge in [0, 0.05) is 0 Å². The van der Waals surface area contributed by atoms with Gasteiger partial charge in [0.1, 0.15) is 11.5 Å². The van der Waals surface area contributed by atoms with Crippen LogP contribution >= 0.6 is 0 Å². The Morgan fingerprint density at radius 1 is 1.60 bits per heavy atom. The normalized spacial score (nSPS) is 23.2. The fourth-order valence-electron chi connectivity index (χ4n) is 2.27. The van der Waals surface area contributed by atoms with Crippen molar-refractivity contribution in [2.45, 2.75) is 25.8 Å². The lowest BCUT2D eigenvalue weighted by Crippen LogP contribution is -2.20. The largest absolute Gasteiger partial charge is 0.465 e. The van der Waals surface area contributed by atoms with Crippen LogP contribution in [0.5, 0.6) is 0 Å². The molecule has 3 nitrogen and oxygen atoms in total. The highest BCUT2D eigenvalue weighted by atomic mass is 16.3. The molecule has 0 saturated carbocycles. The average Bonchev–Trinajstić information content (AvgIpc) is 2.85. The van der Waals surface area contributed by atoms with E-state index in [1.165, 1.54) is 6.42 Å². The number of nitrogens with one attached hydrogen (secondary N) is 2. The highest BCUT2D eigenvalue weighted by Gasteiger charge is 2.21. The fourth-order valence-corrected chi connectivity index (χ4v) is 2.27. The molecule has 15 heavy (non-hydrogen) atoms. The first-order valence-electron chi connectivity index (χ1n) is 5.74. The maximum atomic E-state index is 5.66. The molecule has 0 amide bonds. The maximum absolute atomic E-state index is 5.66. The second kappa shape index (κ2) is 4.81. The van der Waals surface area contributed by atoms with Crippen molar-refractivity contribution in [3.8, 4) is 0 Å². The van der Waals surface area contributed by atoms with Gasteiger partial charge in [0.25, 0.3) is 0 Å². The van der Waals surface area contributed by atoms with E-state index in [1.54, 1.807) is 0 Å². The average molecular weight is 208 g/mol. The summed E-state index contributed by atoms with van der Waals surface area (Å²) < 4.78 is 5.66. The Bertz CT molecular complexity index is 302. The van der Waals surface area contributed by atoms with Crippen LogP contribution in [0.2, 0.25) is 0 Å². The van der Waals surface area contributed by atoms with Crippen molar-refractivity contribution in [2.75, 3.05) is 20.1 Å². The van der Waals surface area contributed by atoms with Gasteiger partial charge in [0.15, 0.2) is 0 Å². The SMILES string of the molecule is CNC(CC1CCNC1)c1ccc(C)o1. The molecular weight excluding hydrogens is 188 g/mol. The van der Waals surface area contributed by atoms with Gasteiger partial charge in [-0.25, -0.2) is 0 Å². The lowest BCUT2D eigenvalue weighted by atomic mass is 9.98. The summed E-state index contributed by atoms with van der Waals surface area (Å²) in [5.74, 6) is 2.85. The molecular formula is C12H20N2O. The number of rotatable bonds is 4. The van der Waals surface area contributed by atoms with Gasteiger partial charge in [-0.2, -0.15) is 0 Å². The minimum atomic E-state index is 0.364. The molecule has 0 bridgehead atoms. The lowest BCUT2D eigenvalue weighted by Gasteiger charge is -2.17. The smallest absolute Gasteiger partial charge is 0.121 e. The van der Waals surface area contributed by atoms with Crippen LogP contribution in [0, 0.1) is 12.8 Å². The van der Waals surface area contributed by atoms with Crippen molar-refractivity contribution in [2.24, 2.45) is 5.92 Å². The van der Waals surface area contributed by atoms with Crippen molar-refractivity contribution < 1.29 is 4.42 Å². The van der Waals surface area contributed by atoms with Crippen LogP contribution in [-0.2, 0) is 0 Å². The van der Waals surface area contributed by atoms with Crippen molar-refractivity contribution in [3.63, 3.8) is 0 Å². The Kier molecular flexibility index (Phi) is 3.44. The van der Waals surface area contributed by atoms with Crippen LogP contribution in [-0.4, -0.2) is 20.1 Å². The third-order valence-corrected chi connectivity index (χ3v) is 3.18. The maximum Gasteiger partial charge on any atom is 0.121 e. The molecule has 1 aromatic heterocycles. The van der Waals surface area contributed by atoms with E-state index < -0.39 is 0 Å². The number of aryl methyl sites for hydroxylation is 1. The van der Waals surface area contributed by atoms with Gasteiger partial charge in [-0.05, 0) is 58.0 Å². The first kappa shape index (κ1) is 10.7. The minimum absolute atomic E-state index is 0.364. The fraction of sp³-hybridized carbons (Fsp3) is 0.667. The van der Waals surface area contributed by atoms with Crippen molar-refractivity contribution >= 4 is 0 Å². The van der Waals surface area contributed by atoms with E-state index in [0.29, 0.717) is 6.04 Å². The van der Waals surface area contributed by atoms with E-state index in [4.69, 9.17) is 4.42 Å². The Morgan fingerprint density at radius 2 is 2.47 bits per heavy atom. The summed E-state index contributed by atoms with van der Waals surface area (Å²) in [5.41, 5.74) is 0. The van der Waals surface area contributed by atoms with E-state index in [9.17, 15) is 0 Å². The molecule has 2 rings (SSSR count). The quantitative estimate of drug-likeness (QED) is 0.793. The third kappa shape index (κ3) is 2.61. The summed E-state index contributed by atoms with van der Waals surface area (Å²) in [4.78, 5) is 0. The molecule has 1 aliphatic rings. The highest BCUT2D eigenvalue weighted by molar-refractivity contribution is 5.09. The molecule has 1 aliphatic heterocycles. The number of hydrogen-bond acceptors (Lipinski definition) is 3. The van der Waals surface area contributed by atoms with Crippen LogP contribution in [0.15, 0.2) is 16.5 Å². The minimum Gasteiger partial charge on any atom is -0.465 e. The molecule has 1 aromatic rings. The van der Waals surface area contributed by atoms with E-state index in [2.05, 4.69) is 16.7 Å². The second-order valence-electron chi connectivity index (χ2n) is 4.38. The molecule has 2 atom stereocenters. The molecule has 1 fully saturated rings. The Hall–Kier alpha value is -0.800. The van der Waals surface area contributed by atoms with Crippen molar-refractivity contribution in [1.29, 1.82) is 0 Å². The van der Waals surface area contributed by atoms with Gasteiger partial charge in [0.2, 0.25) is 0 Å². The van der Waals surface area contributed by atoms with Gasteiger partial charge in [-0.15, -0.1) is 0 Å². The van der Waals surface area contributed by atoms with Gasteiger partial charge < -0.3 is 15.1 Å². The molecule has 0 aliphatic carbocycles. The lowest BCUT2D eigenvalue weighted by molar-refractivity contribution is 0.359. The van der Waals surface area contributed by atoms with Crippen molar-refractivity contribution in [1.82, 2.24) is 10.6 Å². The summed E-state index contributed by atoms with van der Waals surface area (Å²) in [6.45, 7) is 4.31. The zero-order valence-electron chi connectivity index (χ0n) is 9.55. The monoisotopic (exact) mass is 208 g/mol. The number of furan rings is 1. The second-order valence-corrected chi connectivity index (χ2v) is 4.38. The summed E-state index contributed by atoms with van der Waals surface area (Å²) in [6, 6.07) is 4.48. The summed E-state index contributed by atoms with van der Waals surface area (Å²) in [5, 5.41) is 6.74. The van der Waals surface area contributed by atoms with E-state index in [-0.39, 0.29) is 0 Å². The molecule has 2 N–H and O–H groups in total. The molecule has 84 valence electrons. The van der Waals surface area contributed by atoms with E-state index >= 15 is 0 Å². The van der Waals surface area contributed by atoms with Gasteiger partial charge in [-0.3, -0.25) is 0 Å². The van der Waals surface area contributed by atoms with Crippen LogP contribution in [0.1, 0.15) is 30.4 Å². The summed E-state index contributed by atoms with van der Waals surface area (Å²) in [6.07, 6.45) is 2.45. The topological polar surface area (TPSA) is 37.2 Å². The summed E-state index contributed by atoms with van der Waals surface area (Å²) >= 11 is 0. The predicted molar refractivity (Wildman–Crippen MR) is 60.8 cm³/mol. The van der Waals surface area contributed by atoms with Crippen LogP contribution in [0.25, 0.3) is 0 Å².